The van der Waals surface area contributed by atoms with Gasteiger partial charge in [0.15, 0.2) is 5.82 Å². The van der Waals surface area contributed by atoms with Crippen LogP contribution in [0.15, 0.2) is 61.2 Å². The van der Waals surface area contributed by atoms with Crippen molar-refractivity contribution < 1.29 is 5.11 Å². The highest BCUT2D eigenvalue weighted by Gasteiger charge is 2.09. The number of aromatic nitrogens is 3. The first-order chi connectivity index (χ1) is 12.7. The zero-order valence-electron chi connectivity index (χ0n) is 14.4. The monoisotopic (exact) mass is 368 g/mol. The van der Waals surface area contributed by atoms with Gasteiger partial charge in [-0.1, -0.05) is 11.6 Å². The van der Waals surface area contributed by atoms with Crippen LogP contribution >= 0.6 is 11.6 Å². The summed E-state index contributed by atoms with van der Waals surface area (Å²) in [5, 5.41) is 9.85. The molecular formula is C20H21ClN4O. The van der Waals surface area contributed by atoms with Crippen LogP contribution in [0.25, 0.3) is 11.4 Å². The Kier molecular flexibility index (Phi) is 6.66. The Labute approximate surface area is 158 Å². The standard InChI is InChI=1S/C20H21ClN4O/c21-19-4-2-18(3-5-19)20-23-12-17(13-24-20)15-25(10-1-11-26)14-16-6-8-22-9-7-16/h2-9,12-13,26H,1,10-11,14-15H2. The summed E-state index contributed by atoms with van der Waals surface area (Å²) in [6.45, 7) is 2.50. The van der Waals surface area contributed by atoms with E-state index in [1.807, 2.05) is 48.8 Å². The summed E-state index contributed by atoms with van der Waals surface area (Å²) in [6.07, 6.45) is 8.03. The molecule has 26 heavy (non-hydrogen) atoms. The summed E-state index contributed by atoms with van der Waals surface area (Å²) in [5.41, 5.74) is 3.17. The molecule has 0 fully saturated rings. The maximum Gasteiger partial charge on any atom is 0.159 e. The normalized spacial score (nSPS) is 11.0. The molecule has 0 radical (unpaired) electrons. The quantitative estimate of drug-likeness (QED) is 0.658. The second-order valence-electron chi connectivity index (χ2n) is 6.07. The minimum absolute atomic E-state index is 0.179. The van der Waals surface area contributed by atoms with E-state index in [2.05, 4.69) is 19.9 Å². The third kappa shape index (κ3) is 5.33. The highest BCUT2D eigenvalue weighted by Crippen LogP contribution is 2.18. The lowest BCUT2D eigenvalue weighted by molar-refractivity contribution is 0.212. The van der Waals surface area contributed by atoms with Crippen molar-refractivity contribution in [1.29, 1.82) is 0 Å². The first kappa shape index (κ1) is 18.5. The molecule has 0 bridgehead atoms. The number of pyridine rings is 1. The van der Waals surface area contributed by atoms with Gasteiger partial charge >= 0.3 is 0 Å². The Hall–Kier alpha value is -2.34. The maximum atomic E-state index is 9.16. The minimum atomic E-state index is 0.179. The number of aliphatic hydroxyl groups excluding tert-OH is 1. The average molecular weight is 369 g/mol. The van der Waals surface area contributed by atoms with Gasteiger partial charge in [-0.2, -0.15) is 0 Å². The Morgan fingerprint density at radius 3 is 2.19 bits per heavy atom. The number of nitrogens with zero attached hydrogens (tertiary/aromatic N) is 4. The number of rotatable bonds is 8. The van der Waals surface area contributed by atoms with Crippen LogP contribution < -0.4 is 0 Å². The number of hydrogen-bond donors (Lipinski definition) is 1. The Balaban J connectivity index is 1.68. The fraction of sp³-hybridized carbons (Fsp3) is 0.250. The van der Waals surface area contributed by atoms with Gasteiger partial charge in [0.05, 0.1) is 0 Å². The summed E-state index contributed by atoms with van der Waals surface area (Å²) in [7, 11) is 0. The Morgan fingerprint density at radius 1 is 0.885 bits per heavy atom. The van der Waals surface area contributed by atoms with Crippen LogP contribution in [-0.4, -0.2) is 38.1 Å². The van der Waals surface area contributed by atoms with E-state index in [0.717, 1.165) is 37.2 Å². The zero-order chi connectivity index (χ0) is 18.2. The van der Waals surface area contributed by atoms with Crippen LogP contribution in [0, 0.1) is 0 Å². The summed E-state index contributed by atoms with van der Waals surface area (Å²) in [4.78, 5) is 15.3. The molecule has 0 unspecified atom stereocenters. The molecule has 0 aliphatic carbocycles. The van der Waals surface area contributed by atoms with E-state index in [1.54, 1.807) is 12.4 Å². The largest absolute Gasteiger partial charge is 0.396 e. The molecule has 1 N–H and O–H groups in total. The number of benzene rings is 1. The molecule has 2 aromatic heterocycles. The summed E-state index contributed by atoms with van der Waals surface area (Å²) in [5.74, 6) is 0.682. The molecule has 6 heteroatoms. The summed E-state index contributed by atoms with van der Waals surface area (Å²) >= 11 is 5.92. The zero-order valence-corrected chi connectivity index (χ0v) is 15.2. The topological polar surface area (TPSA) is 62.1 Å². The highest BCUT2D eigenvalue weighted by atomic mass is 35.5. The predicted octanol–water partition coefficient (Wildman–Crippen LogP) is 3.58. The number of hydrogen-bond acceptors (Lipinski definition) is 5. The van der Waals surface area contributed by atoms with Crippen LogP contribution in [0.5, 0.6) is 0 Å². The van der Waals surface area contributed by atoms with Gasteiger partial charge in [0.2, 0.25) is 0 Å². The van der Waals surface area contributed by atoms with E-state index >= 15 is 0 Å². The molecule has 3 rings (SSSR count). The molecule has 2 heterocycles. The van der Waals surface area contributed by atoms with Crippen molar-refractivity contribution in [2.75, 3.05) is 13.2 Å². The van der Waals surface area contributed by atoms with Crippen molar-refractivity contribution in [1.82, 2.24) is 19.9 Å². The molecule has 134 valence electrons. The number of halogens is 1. The second kappa shape index (κ2) is 9.38. The van der Waals surface area contributed by atoms with Gasteiger partial charge in [0.1, 0.15) is 0 Å². The van der Waals surface area contributed by atoms with E-state index in [1.165, 1.54) is 5.56 Å². The number of aliphatic hydroxyl groups is 1. The first-order valence-corrected chi connectivity index (χ1v) is 8.91. The molecule has 0 atom stereocenters. The maximum absolute atomic E-state index is 9.16. The molecule has 0 aliphatic heterocycles. The third-order valence-corrected chi connectivity index (χ3v) is 4.25. The van der Waals surface area contributed by atoms with Crippen LogP contribution in [0.2, 0.25) is 5.02 Å². The molecular weight excluding hydrogens is 348 g/mol. The molecule has 0 spiro atoms. The van der Waals surface area contributed by atoms with Gasteiger partial charge in [0.25, 0.3) is 0 Å². The van der Waals surface area contributed by atoms with Crippen molar-refractivity contribution in [2.45, 2.75) is 19.5 Å². The minimum Gasteiger partial charge on any atom is -0.396 e. The van der Waals surface area contributed by atoms with Gasteiger partial charge in [-0.05, 0) is 48.4 Å². The van der Waals surface area contributed by atoms with Gasteiger partial charge in [-0.25, -0.2) is 9.97 Å². The molecule has 3 aromatic rings. The molecule has 1 aromatic carbocycles. The van der Waals surface area contributed by atoms with Crippen LogP contribution in [0.1, 0.15) is 17.5 Å². The summed E-state index contributed by atoms with van der Waals surface area (Å²) in [6, 6.07) is 11.5. The van der Waals surface area contributed by atoms with E-state index < -0.39 is 0 Å². The Morgan fingerprint density at radius 2 is 1.54 bits per heavy atom. The SMILES string of the molecule is OCCCN(Cc1ccncc1)Cc1cnc(-c2ccc(Cl)cc2)nc1. The van der Waals surface area contributed by atoms with Gasteiger partial charge in [-0.15, -0.1) is 0 Å². The summed E-state index contributed by atoms with van der Waals surface area (Å²) < 4.78 is 0. The van der Waals surface area contributed by atoms with E-state index in [4.69, 9.17) is 16.7 Å². The fourth-order valence-electron chi connectivity index (χ4n) is 2.70. The highest BCUT2D eigenvalue weighted by molar-refractivity contribution is 6.30. The van der Waals surface area contributed by atoms with Crippen LogP contribution in [-0.2, 0) is 13.1 Å². The lowest BCUT2D eigenvalue weighted by Gasteiger charge is -2.22. The molecule has 0 amide bonds. The Bertz CT molecular complexity index is 794. The van der Waals surface area contributed by atoms with E-state index in [-0.39, 0.29) is 6.61 Å². The van der Waals surface area contributed by atoms with Crippen molar-refractivity contribution in [3.8, 4) is 11.4 Å². The van der Waals surface area contributed by atoms with Gasteiger partial charge in [0, 0.05) is 67.2 Å². The molecule has 5 nitrogen and oxygen atoms in total. The second-order valence-corrected chi connectivity index (χ2v) is 6.50. The lowest BCUT2D eigenvalue weighted by Crippen LogP contribution is -2.25. The van der Waals surface area contributed by atoms with Crippen LogP contribution in [0.4, 0.5) is 0 Å². The van der Waals surface area contributed by atoms with Crippen molar-refractivity contribution >= 4 is 11.6 Å². The van der Waals surface area contributed by atoms with E-state index in [9.17, 15) is 0 Å². The molecule has 0 aliphatic rings. The fourth-order valence-corrected chi connectivity index (χ4v) is 2.82. The van der Waals surface area contributed by atoms with Gasteiger partial charge in [-0.3, -0.25) is 9.88 Å². The average Bonchev–Trinajstić information content (AvgIpc) is 2.68. The van der Waals surface area contributed by atoms with Crippen molar-refractivity contribution in [2.24, 2.45) is 0 Å². The predicted molar refractivity (Wildman–Crippen MR) is 103 cm³/mol. The van der Waals surface area contributed by atoms with E-state index in [0.29, 0.717) is 10.8 Å². The molecule has 0 saturated carbocycles. The first-order valence-electron chi connectivity index (χ1n) is 8.53. The van der Waals surface area contributed by atoms with Crippen molar-refractivity contribution in [3.05, 3.63) is 77.3 Å². The van der Waals surface area contributed by atoms with Crippen molar-refractivity contribution in [3.63, 3.8) is 0 Å². The third-order valence-electron chi connectivity index (χ3n) is 4.00. The van der Waals surface area contributed by atoms with Crippen LogP contribution in [0.3, 0.4) is 0 Å². The molecule has 0 saturated heterocycles. The smallest absolute Gasteiger partial charge is 0.159 e. The van der Waals surface area contributed by atoms with Gasteiger partial charge < -0.3 is 5.11 Å². The lowest BCUT2D eigenvalue weighted by atomic mass is 10.2.